The lowest BCUT2D eigenvalue weighted by Crippen LogP contribution is -2.43. The summed E-state index contributed by atoms with van der Waals surface area (Å²) in [7, 11) is 1.59. The molecule has 0 spiro atoms. The number of ether oxygens (including phenoxy) is 2. The van der Waals surface area contributed by atoms with Crippen molar-refractivity contribution < 1.29 is 19.4 Å². The molecule has 1 saturated heterocycles. The van der Waals surface area contributed by atoms with E-state index in [9.17, 15) is 4.79 Å². The SMILES string of the molecule is [C-]#[N+]C1(c2ccc(OC)c(OCC)c2)CCN(CC(=O)O)CC1. The number of likely N-dealkylation sites (tertiary alicyclic amines) is 1. The zero-order chi connectivity index (χ0) is 16.9. The van der Waals surface area contributed by atoms with Gasteiger partial charge in [-0.05, 0) is 25.1 Å². The summed E-state index contributed by atoms with van der Waals surface area (Å²) in [6.45, 7) is 11.3. The number of rotatable bonds is 6. The topological polar surface area (TPSA) is 63.4 Å². The van der Waals surface area contributed by atoms with E-state index in [1.807, 2.05) is 30.0 Å². The molecular formula is C17H22N2O4. The van der Waals surface area contributed by atoms with Crippen LogP contribution in [0.2, 0.25) is 0 Å². The summed E-state index contributed by atoms with van der Waals surface area (Å²) in [4.78, 5) is 16.6. The van der Waals surface area contributed by atoms with Crippen LogP contribution in [0.1, 0.15) is 25.3 Å². The number of carbonyl (C=O) groups is 1. The fourth-order valence-corrected chi connectivity index (χ4v) is 2.97. The first kappa shape index (κ1) is 17.1. The van der Waals surface area contributed by atoms with Gasteiger partial charge in [0.25, 0.3) is 5.54 Å². The van der Waals surface area contributed by atoms with Crippen molar-refractivity contribution in [2.45, 2.75) is 25.3 Å². The van der Waals surface area contributed by atoms with Crippen LogP contribution in [0.3, 0.4) is 0 Å². The molecule has 6 heteroatoms. The fourth-order valence-electron chi connectivity index (χ4n) is 2.97. The smallest absolute Gasteiger partial charge is 0.317 e. The average Bonchev–Trinajstić information content (AvgIpc) is 2.55. The van der Waals surface area contributed by atoms with Crippen molar-refractivity contribution in [3.8, 4) is 11.5 Å². The third-order valence-electron chi connectivity index (χ3n) is 4.26. The lowest BCUT2D eigenvalue weighted by atomic mass is 9.81. The molecule has 0 aromatic heterocycles. The Morgan fingerprint density at radius 3 is 2.61 bits per heavy atom. The van der Waals surface area contributed by atoms with Crippen LogP contribution in [0, 0.1) is 6.57 Å². The minimum atomic E-state index is -0.830. The summed E-state index contributed by atoms with van der Waals surface area (Å²) >= 11 is 0. The van der Waals surface area contributed by atoms with Crippen LogP contribution in [-0.2, 0) is 10.3 Å². The monoisotopic (exact) mass is 318 g/mol. The number of methoxy groups -OCH3 is 1. The van der Waals surface area contributed by atoms with Crippen molar-refractivity contribution in [1.29, 1.82) is 0 Å². The molecule has 6 nitrogen and oxygen atoms in total. The Labute approximate surface area is 136 Å². The van der Waals surface area contributed by atoms with E-state index >= 15 is 0 Å². The van der Waals surface area contributed by atoms with E-state index in [4.69, 9.17) is 21.2 Å². The van der Waals surface area contributed by atoms with Crippen LogP contribution in [0.5, 0.6) is 11.5 Å². The second-order valence-electron chi connectivity index (χ2n) is 5.61. The molecule has 0 amide bonds. The van der Waals surface area contributed by atoms with Gasteiger partial charge in [-0.15, -0.1) is 0 Å². The maximum Gasteiger partial charge on any atom is 0.317 e. The van der Waals surface area contributed by atoms with Crippen LogP contribution < -0.4 is 9.47 Å². The van der Waals surface area contributed by atoms with E-state index in [2.05, 4.69) is 4.85 Å². The zero-order valence-corrected chi connectivity index (χ0v) is 13.5. The number of carboxylic acid groups (broad SMARTS) is 1. The Morgan fingerprint density at radius 1 is 1.39 bits per heavy atom. The highest BCUT2D eigenvalue weighted by molar-refractivity contribution is 5.69. The third kappa shape index (κ3) is 3.74. The van der Waals surface area contributed by atoms with Gasteiger partial charge in [0.05, 0.1) is 20.3 Å². The van der Waals surface area contributed by atoms with Crippen molar-refractivity contribution in [2.75, 3.05) is 33.4 Å². The minimum absolute atomic E-state index is 0.0287. The number of benzene rings is 1. The fraction of sp³-hybridized carbons (Fsp3) is 0.529. The second-order valence-corrected chi connectivity index (χ2v) is 5.61. The summed E-state index contributed by atoms with van der Waals surface area (Å²) in [5, 5.41) is 8.89. The van der Waals surface area contributed by atoms with E-state index in [1.54, 1.807) is 7.11 Å². The highest BCUT2D eigenvalue weighted by Gasteiger charge is 2.43. The molecule has 0 aliphatic carbocycles. The van der Waals surface area contributed by atoms with Crippen molar-refractivity contribution in [2.24, 2.45) is 0 Å². The second kappa shape index (κ2) is 7.34. The van der Waals surface area contributed by atoms with Gasteiger partial charge < -0.3 is 19.4 Å². The third-order valence-corrected chi connectivity index (χ3v) is 4.26. The van der Waals surface area contributed by atoms with Gasteiger partial charge in [0.2, 0.25) is 0 Å². The van der Waals surface area contributed by atoms with Crippen LogP contribution >= 0.6 is 0 Å². The molecule has 124 valence electrons. The normalized spacial score (nSPS) is 17.3. The maximum absolute atomic E-state index is 10.8. The summed E-state index contributed by atoms with van der Waals surface area (Å²) < 4.78 is 10.9. The van der Waals surface area contributed by atoms with Crippen LogP contribution in [0.25, 0.3) is 4.85 Å². The van der Waals surface area contributed by atoms with Gasteiger partial charge >= 0.3 is 5.97 Å². The van der Waals surface area contributed by atoms with Crippen molar-refractivity contribution >= 4 is 5.97 Å². The van der Waals surface area contributed by atoms with E-state index in [-0.39, 0.29) is 6.54 Å². The number of carboxylic acids is 1. The Bertz CT molecular complexity index is 601. The molecule has 23 heavy (non-hydrogen) atoms. The number of aliphatic carboxylic acids is 1. The lowest BCUT2D eigenvalue weighted by molar-refractivity contribution is -0.138. The van der Waals surface area contributed by atoms with Gasteiger partial charge in [0.1, 0.15) is 0 Å². The van der Waals surface area contributed by atoms with Gasteiger partial charge in [-0.3, -0.25) is 9.69 Å². The zero-order valence-electron chi connectivity index (χ0n) is 13.5. The quantitative estimate of drug-likeness (QED) is 0.816. The molecule has 1 aromatic carbocycles. The lowest BCUT2D eigenvalue weighted by Gasteiger charge is -2.33. The molecule has 1 heterocycles. The van der Waals surface area contributed by atoms with E-state index < -0.39 is 11.5 Å². The Hall–Kier alpha value is -2.26. The highest BCUT2D eigenvalue weighted by Crippen LogP contribution is 2.40. The highest BCUT2D eigenvalue weighted by atomic mass is 16.5. The molecule has 1 fully saturated rings. The Morgan fingerprint density at radius 2 is 2.09 bits per heavy atom. The van der Waals surface area contributed by atoms with Crippen LogP contribution in [0.4, 0.5) is 0 Å². The standard InChI is InChI=1S/C17H22N2O4/c1-4-23-15-11-13(5-6-14(15)22-3)17(18-2)7-9-19(10-8-17)12-16(20)21/h5-6,11H,4,7-10,12H2,1,3H3,(H,20,21). The molecule has 0 unspecified atom stereocenters. The molecule has 0 radical (unpaired) electrons. The van der Waals surface area contributed by atoms with Crippen LogP contribution in [0.15, 0.2) is 18.2 Å². The molecule has 1 aromatic rings. The molecule has 0 bridgehead atoms. The van der Waals surface area contributed by atoms with Gasteiger partial charge in [-0.25, -0.2) is 6.57 Å². The van der Waals surface area contributed by atoms with Crippen LogP contribution in [-0.4, -0.2) is 49.3 Å². The largest absolute Gasteiger partial charge is 0.493 e. The number of nitrogens with zero attached hydrogens (tertiary/aromatic N) is 2. The van der Waals surface area contributed by atoms with Gasteiger partial charge in [0, 0.05) is 31.5 Å². The predicted octanol–water partition coefficient (Wildman–Crippen LogP) is 2.39. The number of piperidine rings is 1. The van der Waals surface area contributed by atoms with Crippen molar-refractivity contribution in [3.05, 3.63) is 35.2 Å². The van der Waals surface area contributed by atoms with E-state index in [0.29, 0.717) is 44.0 Å². The van der Waals surface area contributed by atoms with Gasteiger partial charge in [-0.1, -0.05) is 0 Å². The van der Waals surface area contributed by atoms with Gasteiger partial charge in [0.15, 0.2) is 11.5 Å². The summed E-state index contributed by atoms with van der Waals surface area (Å²) in [6.07, 6.45) is 1.23. The van der Waals surface area contributed by atoms with E-state index in [0.717, 1.165) is 5.56 Å². The molecular weight excluding hydrogens is 296 g/mol. The van der Waals surface area contributed by atoms with E-state index in [1.165, 1.54) is 0 Å². The summed E-state index contributed by atoms with van der Waals surface area (Å²) in [6, 6.07) is 5.62. The van der Waals surface area contributed by atoms with Crippen molar-refractivity contribution in [3.63, 3.8) is 0 Å². The summed E-state index contributed by atoms with van der Waals surface area (Å²) in [5.74, 6) is 0.464. The minimum Gasteiger partial charge on any atom is -0.493 e. The molecule has 1 N–H and O–H groups in total. The molecule has 1 aliphatic heterocycles. The first-order valence-corrected chi connectivity index (χ1v) is 7.68. The first-order valence-electron chi connectivity index (χ1n) is 7.68. The summed E-state index contributed by atoms with van der Waals surface area (Å²) in [5.41, 5.74) is 0.291. The Kier molecular flexibility index (Phi) is 5.45. The average molecular weight is 318 g/mol. The molecule has 0 atom stereocenters. The number of hydrogen-bond donors (Lipinski definition) is 1. The Balaban J connectivity index is 2.23. The number of hydrogen-bond acceptors (Lipinski definition) is 4. The molecule has 1 aliphatic rings. The molecule has 0 saturated carbocycles. The first-order chi connectivity index (χ1) is 11.0. The molecule has 2 rings (SSSR count). The maximum atomic E-state index is 10.8. The van der Waals surface area contributed by atoms with Gasteiger partial charge in [-0.2, -0.15) is 0 Å². The van der Waals surface area contributed by atoms with Crippen molar-refractivity contribution in [1.82, 2.24) is 4.90 Å². The predicted molar refractivity (Wildman–Crippen MR) is 85.8 cm³/mol.